The molecule has 0 amide bonds. The molecular weight excluding hydrogens is 380 g/mol. The summed E-state index contributed by atoms with van der Waals surface area (Å²) in [5.41, 5.74) is -1.01. The third kappa shape index (κ3) is 3.14. The van der Waals surface area contributed by atoms with E-state index < -0.39 is 5.60 Å². The molecule has 30 heavy (non-hydrogen) atoms. The first-order valence-electron chi connectivity index (χ1n) is 11.9. The first kappa shape index (κ1) is 21.8. The number of carbonyl (C=O) groups is 3. The van der Waals surface area contributed by atoms with E-state index in [1.54, 1.807) is 0 Å². The Morgan fingerprint density at radius 3 is 2.30 bits per heavy atom. The van der Waals surface area contributed by atoms with Crippen molar-refractivity contribution in [1.82, 2.24) is 0 Å². The van der Waals surface area contributed by atoms with Crippen molar-refractivity contribution in [2.75, 3.05) is 0 Å². The molecule has 0 saturated heterocycles. The van der Waals surface area contributed by atoms with Crippen LogP contribution in [-0.4, -0.2) is 29.4 Å². The van der Waals surface area contributed by atoms with Crippen LogP contribution in [0.2, 0.25) is 0 Å². The number of ketones is 1. The second-order valence-electron chi connectivity index (χ2n) is 11.2. The van der Waals surface area contributed by atoms with Gasteiger partial charge in [-0.25, -0.2) is 0 Å². The summed E-state index contributed by atoms with van der Waals surface area (Å²) in [6.07, 6.45) is 8.93. The van der Waals surface area contributed by atoms with Gasteiger partial charge in [0, 0.05) is 25.7 Å². The molecule has 4 rings (SSSR count). The number of hydrogen-bond acceptors (Lipinski definition) is 5. The maximum absolute atomic E-state index is 13.0. The number of carbonyl (C=O) groups excluding carboxylic acids is 3. The van der Waals surface area contributed by atoms with Gasteiger partial charge in [-0.15, -0.1) is 0 Å². The molecule has 0 radical (unpaired) electrons. The minimum absolute atomic E-state index is 0.0746. The van der Waals surface area contributed by atoms with Crippen LogP contribution in [0.5, 0.6) is 0 Å². The quantitative estimate of drug-likeness (QED) is 0.600. The maximum Gasteiger partial charge on any atom is 0.303 e. The van der Waals surface area contributed by atoms with Gasteiger partial charge in [-0.05, 0) is 87.4 Å². The molecule has 0 spiro atoms. The summed E-state index contributed by atoms with van der Waals surface area (Å²) in [5, 5.41) is 0. The summed E-state index contributed by atoms with van der Waals surface area (Å²) in [7, 11) is 0. The molecule has 4 saturated carbocycles. The molecule has 5 heteroatoms. The number of ether oxygens (including phenoxy) is 2. The van der Waals surface area contributed by atoms with Crippen LogP contribution in [0, 0.1) is 34.5 Å². The summed E-state index contributed by atoms with van der Waals surface area (Å²) in [6.45, 7) is 9.49. The van der Waals surface area contributed by atoms with Crippen molar-refractivity contribution >= 4 is 17.7 Å². The SMILES string of the molecule is CC(=O)O[C@H]1CC[C@@]2(C)[C@@H](CC[C@@H]3[C@H]4CCC(=O)[C@@](C)(OC(C)=O)[C@@]4(C)CC[C@@H]32)C1. The minimum atomic E-state index is -1.00. The summed E-state index contributed by atoms with van der Waals surface area (Å²) in [4.78, 5) is 36.3. The van der Waals surface area contributed by atoms with Gasteiger partial charge >= 0.3 is 11.9 Å². The lowest BCUT2D eigenvalue weighted by Crippen LogP contribution is -2.65. The summed E-state index contributed by atoms with van der Waals surface area (Å²) in [6, 6.07) is 0. The zero-order chi connectivity index (χ0) is 21.9. The number of esters is 2. The Hall–Kier alpha value is -1.39. The molecule has 168 valence electrons. The third-order valence-corrected chi connectivity index (χ3v) is 9.99. The Morgan fingerprint density at radius 2 is 1.63 bits per heavy atom. The van der Waals surface area contributed by atoms with Crippen LogP contribution in [0.3, 0.4) is 0 Å². The van der Waals surface area contributed by atoms with Crippen LogP contribution in [0.25, 0.3) is 0 Å². The Kier molecular flexibility index (Phi) is 5.34. The van der Waals surface area contributed by atoms with E-state index in [0.717, 1.165) is 38.5 Å². The highest BCUT2D eigenvalue weighted by Gasteiger charge is 2.65. The Morgan fingerprint density at radius 1 is 0.900 bits per heavy atom. The fourth-order valence-electron chi connectivity index (χ4n) is 8.31. The van der Waals surface area contributed by atoms with Gasteiger partial charge in [0.15, 0.2) is 11.4 Å². The summed E-state index contributed by atoms with van der Waals surface area (Å²) < 4.78 is 11.4. The van der Waals surface area contributed by atoms with E-state index in [1.165, 1.54) is 26.7 Å². The van der Waals surface area contributed by atoms with Crippen molar-refractivity contribution in [1.29, 1.82) is 0 Å². The normalized spacial score (nSPS) is 48.0. The van der Waals surface area contributed by atoms with Gasteiger partial charge in [0.05, 0.1) is 0 Å². The fraction of sp³-hybridized carbons (Fsp3) is 0.880. The topological polar surface area (TPSA) is 69.7 Å². The van der Waals surface area contributed by atoms with Crippen molar-refractivity contribution in [2.45, 2.75) is 104 Å². The molecule has 0 aromatic carbocycles. The number of hydrogen-bond donors (Lipinski definition) is 0. The molecule has 0 aromatic rings. The van der Waals surface area contributed by atoms with Crippen molar-refractivity contribution < 1.29 is 23.9 Å². The first-order valence-corrected chi connectivity index (χ1v) is 11.9. The van der Waals surface area contributed by atoms with Gasteiger partial charge in [0.2, 0.25) is 0 Å². The first-order chi connectivity index (χ1) is 14.0. The molecule has 0 aromatic heterocycles. The summed E-state index contributed by atoms with van der Waals surface area (Å²) in [5.74, 6) is 1.82. The second-order valence-corrected chi connectivity index (χ2v) is 11.2. The van der Waals surface area contributed by atoms with Gasteiger partial charge in [0.1, 0.15) is 6.10 Å². The number of rotatable bonds is 2. The lowest BCUT2D eigenvalue weighted by atomic mass is 9.41. The highest BCUT2D eigenvalue weighted by atomic mass is 16.6. The summed E-state index contributed by atoms with van der Waals surface area (Å²) >= 11 is 0. The van der Waals surface area contributed by atoms with Gasteiger partial charge in [-0.1, -0.05) is 13.8 Å². The van der Waals surface area contributed by atoms with E-state index in [4.69, 9.17) is 9.47 Å². The van der Waals surface area contributed by atoms with Crippen LogP contribution in [0.4, 0.5) is 0 Å². The molecule has 4 aliphatic rings. The Balaban J connectivity index is 1.59. The van der Waals surface area contributed by atoms with E-state index in [-0.39, 0.29) is 34.7 Å². The molecular formula is C25H38O5. The maximum atomic E-state index is 13.0. The van der Waals surface area contributed by atoms with E-state index in [1.807, 2.05) is 6.92 Å². The monoisotopic (exact) mass is 418 g/mol. The van der Waals surface area contributed by atoms with Crippen LogP contribution < -0.4 is 0 Å². The molecule has 0 N–H and O–H groups in total. The van der Waals surface area contributed by atoms with E-state index in [9.17, 15) is 14.4 Å². The predicted octanol–water partition coefficient (Wildman–Crippen LogP) is 4.85. The van der Waals surface area contributed by atoms with Gasteiger partial charge in [0.25, 0.3) is 0 Å². The molecule has 0 unspecified atom stereocenters. The highest BCUT2D eigenvalue weighted by Crippen LogP contribution is 2.67. The molecule has 4 aliphatic carbocycles. The van der Waals surface area contributed by atoms with Crippen molar-refractivity contribution in [3.63, 3.8) is 0 Å². The van der Waals surface area contributed by atoms with Crippen LogP contribution in [-0.2, 0) is 23.9 Å². The van der Waals surface area contributed by atoms with Crippen LogP contribution in [0.15, 0.2) is 0 Å². The van der Waals surface area contributed by atoms with Gasteiger partial charge in [-0.3, -0.25) is 14.4 Å². The van der Waals surface area contributed by atoms with Crippen molar-refractivity contribution in [3.8, 4) is 0 Å². The molecule has 0 aliphatic heterocycles. The van der Waals surface area contributed by atoms with Crippen molar-refractivity contribution in [2.24, 2.45) is 34.5 Å². The number of Topliss-reactive ketones (excluding diaryl/α,β-unsaturated/α-hetero) is 1. The predicted molar refractivity (Wildman–Crippen MR) is 112 cm³/mol. The molecule has 4 fully saturated rings. The van der Waals surface area contributed by atoms with Gasteiger partial charge < -0.3 is 9.47 Å². The average Bonchev–Trinajstić information content (AvgIpc) is 2.65. The molecule has 0 heterocycles. The Bertz CT molecular complexity index is 746. The third-order valence-electron chi connectivity index (χ3n) is 9.99. The van der Waals surface area contributed by atoms with E-state index in [0.29, 0.717) is 30.1 Å². The van der Waals surface area contributed by atoms with E-state index >= 15 is 0 Å². The smallest absolute Gasteiger partial charge is 0.303 e. The van der Waals surface area contributed by atoms with Crippen LogP contribution in [0.1, 0.15) is 92.4 Å². The largest absolute Gasteiger partial charge is 0.463 e. The zero-order valence-electron chi connectivity index (χ0n) is 19.3. The minimum Gasteiger partial charge on any atom is -0.463 e. The highest BCUT2D eigenvalue weighted by molar-refractivity contribution is 5.91. The lowest BCUT2D eigenvalue weighted by molar-refractivity contribution is -0.215. The average molecular weight is 419 g/mol. The standard InChI is InChI=1S/C25H38O5/c1-15(26)29-18-10-12-23(3)17(14-18)6-7-19-20(23)11-13-24(4)21(19)8-9-22(28)25(24,5)30-16(2)27/h17-21H,6-14H2,1-5H3/t17-,18-,19-,20-,21+,23-,24-,25+/m0/s1. The molecule has 5 nitrogen and oxygen atoms in total. The lowest BCUT2D eigenvalue weighted by Gasteiger charge is -2.65. The second kappa shape index (κ2) is 7.34. The van der Waals surface area contributed by atoms with Crippen LogP contribution >= 0.6 is 0 Å². The Labute approximate surface area is 180 Å². The fourth-order valence-corrected chi connectivity index (χ4v) is 8.31. The zero-order valence-corrected chi connectivity index (χ0v) is 19.3. The number of fused-ring (bicyclic) bond motifs is 5. The van der Waals surface area contributed by atoms with Crippen molar-refractivity contribution in [3.05, 3.63) is 0 Å². The van der Waals surface area contributed by atoms with E-state index in [2.05, 4.69) is 13.8 Å². The molecule has 0 bridgehead atoms. The molecule has 8 atom stereocenters. The van der Waals surface area contributed by atoms with Gasteiger partial charge in [-0.2, -0.15) is 0 Å².